The number of benzene rings is 4. The van der Waals surface area contributed by atoms with E-state index in [1.807, 2.05) is 66.7 Å². The molecule has 4 aromatic carbocycles. The third kappa shape index (κ3) is 5.62. The van der Waals surface area contributed by atoms with E-state index in [1.165, 1.54) is 0 Å². The lowest BCUT2D eigenvalue weighted by Gasteiger charge is -2.27. The molecule has 0 unspecified atom stereocenters. The Morgan fingerprint density at radius 3 is 1.95 bits per heavy atom. The lowest BCUT2D eigenvalue weighted by atomic mass is 9.79. The van der Waals surface area contributed by atoms with Gasteiger partial charge in [-0.1, -0.05) is 120 Å². The minimum absolute atomic E-state index is 0.0654. The zero-order valence-electron chi connectivity index (χ0n) is 24.2. The van der Waals surface area contributed by atoms with E-state index in [0.717, 1.165) is 50.7 Å². The number of nitrogens with zero attached hydrogens (tertiary/aromatic N) is 2. The van der Waals surface area contributed by atoms with Crippen LogP contribution in [0.5, 0.6) is 5.75 Å². The molecule has 1 aromatic heterocycles. The molecule has 202 valence electrons. The standard InChI is InChI=1S/C36H37N3O/c1-35(2,3)27-21-26(33(40)29(22-27)36(4,5)6)23-37-30-20-14-13-19-28(30)34-38-31(24-15-9-7-10-16-24)32(39-34)25-17-11-8-12-18-25/h7-23,40H,1-6H3,(H,38,39). The van der Waals surface area contributed by atoms with Crippen molar-refractivity contribution >= 4 is 11.9 Å². The topological polar surface area (TPSA) is 61.3 Å². The Labute approximate surface area is 237 Å². The van der Waals surface area contributed by atoms with Crippen LogP contribution in [0, 0.1) is 0 Å². The molecule has 2 N–H and O–H groups in total. The Balaban J connectivity index is 1.62. The van der Waals surface area contributed by atoms with Crippen LogP contribution < -0.4 is 0 Å². The van der Waals surface area contributed by atoms with Crippen molar-refractivity contribution < 1.29 is 5.11 Å². The van der Waals surface area contributed by atoms with Crippen LogP contribution in [0.25, 0.3) is 33.9 Å². The average molecular weight is 528 g/mol. The fourth-order valence-corrected chi connectivity index (χ4v) is 4.81. The molecule has 4 nitrogen and oxygen atoms in total. The molecular weight excluding hydrogens is 490 g/mol. The van der Waals surface area contributed by atoms with Gasteiger partial charge in [-0.25, -0.2) is 4.98 Å². The van der Waals surface area contributed by atoms with E-state index in [0.29, 0.717) is 5.56 Å². The lowest BCUT2D eigenvalue weighted by molar-refractivity contribution is 0.444. The summed E-state index contributed by atoms with van der Waals surface area (Å²) >= 11 is 0. The molecule has 0 amide bonds. The fourth-order valence-electron chi connectivity index (χ4n) is 4.81. The van der Waals surface area contributed by atoms with Gasteiger partial charge in [0.1, 0.15) is 11.6 Å². The van der Waals surface area contributed by atoms with Gasteiger partial charge in [-0.15, -0.1) is 0 Å². The highest BCUT2D eigenvalue weighted by molar-refractivity contribution is 5.89. The molecule has 40 heavy (non-hydrogen) atoms. The molecule has 0 aliphatic rings. The highest BCUT2D eigenvalue weighted by Crippen LogP contribution is 2.39. The number of aliphatic imine (C=N–C) groups is 1. The molecule has 5 aromatic rings. The Kier molecular flexibility index (Phi) is 7.20. The van der Waals surface area contributed by atoms with Crippen molar-refractivity contribution in [2.45, 2.75) is 52.4 Å². The van der Waals surface area contributed by atoms with Crippen LogP contribution in [0.1, 0.15) is 58.2 Å². The summed E-state index contributed by atoms with van der Waals surface area (Å²) in [4.78, 5) is 13.6. The first-order valence-corrected chi connectivity index (χ1v) is 13.7. The maximum absolute atomic E-state index is 11.3. The van der Waals surface area contributed by atoms with E-state index in [9.17, 15) is 5.11 Å². The van der Waals surface area contributed by atoms with Crippen LogP contribution >= 0.6 is 0 Å². The summed E-state index contributed by atoms with van der Waals surface area (Å²) in [5.74, 6) is 1.02. The number of aromatic nitrogens is 2. The summed E-state index contributed by atoms with van der Waals surface area (Å²) in [6, 6.07) is 32.6. The predicted molar refractivity (Wildman–Crippen MR) is 168 cm³/mol. The summed E-state index contributed by atoms with van der Waals surface area (Å²) < 4.78 is 0. The number of phenolic OH excluding ortho intramolecular Hbond substituents is 1. The minimum Gasteiger partial charge on any atom is -0.507 e. The van der Waals surface area contributed by atoms with Crippen molar-refractivity contribution in [3.8, 4) is 39.7 Å². The molecule has 5 rings (SSSR count). The van der Waals surface area contributed by atoms with E-state index in [-0.39, 0.29) is 16.6 Å². The highest BCUT2D eigenvalue weighted by atomic mass is 16.3. The third-order valence-electron chi connectivity index (χ3n) is 7.13. The highest BCUT2D eigenvalue weighted by Gasteiger charge is 2.24. The SMILES string of the molecule is CC(C)(C)c1cc(C=Nc2ccccc2-c2nc(-c3ccccc3)c(-c3ccccc3)[nH]2)c(O)c(C(C)(C)C)c1. The van der Waals surface area contributed by atoms with E-state index in [2.05, 4.69) is 76.9 Å². The number of hydrogen-bond donors (Lipinski definition) is 2. The van der Waals surface area contributed by atoms with Gasteiger partial charge in [-0.3, -0.25) is 4.99 Å². The number of aromatic hydroxyl groups is 1. The summed E-state index contributed by atoms with van der Waals surface area (Å²) in [7, 11) is 0. The van der Waals surface area contributed by atoms with Crippen LogP contribution in [0.4, 0.5) is 5.69 Å². The van der Waals surface area contributed by atoms with E-state index in [4.69, 9.17) is 9.98 Å². The maximum atomic E-state index is 11.3. The van der Waals surface area contributed by atoms with Crippen LogP contribution in [0.15, 0.2) is 102 Å². The molecule has 0 saturated heterocycles. The first-order valence-electron chi connectivity index (χ1n) is 13.7. The van der Waals surface area contributed by atoms with Crippen molar-refractivity contribution in [3.05, 3.63) is 114 Å². The molecule has 0 spiro atoms. The number of aromatic amines is 1. The van der Waals surface area contributed by atoms with Crippen LogP contribution in [-0.2, 0) is 10.8 Å². The first kappa shape index (κ1) is 27.1. The second kappa shape index (κ2) is 10.6. The lowest BCUT2D eigenvalue weighted by Crippen LogP contribution is -2.17. The average Bonchev–Trinajstić information content (AvgIpc) is 3.38. The number of rotatable bonds is 5. The molecule has 0 aliphatic heterocycles. The van der Waals surface area contributed by atoms with E-state index < -0.39 is 0 Å². The van der Waals surface area contributed by atoms with Gasteiger partial charge in [0.25, 0.3) is 0 Å². The smallest absolute Gasteiger partial charge is 0.140 e. The summed E-state index contributed by atoms with van der Waals surface area (Å²) in [5.41, 5.74) is 8.15. The number of para-hydroxylation sites is 1. The zero-order chi connectivity index (χ0) is 28.5. The Morgan fingerprint density at radius 2 is 1.32 bits per heavy atom. The Morgan fingerprint density at radius 1 is 0.725 bits per heavy atom. The molecule has 1 heterocycles. The largest absolute Gasteiger partial charge is 0.507 e. The number of phenols is 1. The molecule has 0 aliphatic carbocycles. The first-order chi connectivity index (χ1) is 19.0. The van der Waals surface area contributed by atoms with E-state index >= 15 is 0 Å². The van der Waals surface area contributed by atoms with Crippen LogP contribution in [0.2, 0.25) is 0 Å². The predicted octanol–water partition coefficient (Wildman–Crippen LogP) is 9.46. The normalized spacial score (nSPS) is 12.2. The van der Waals surface area contributed by atoms with Gasteiger partial charge in [-0.2, -0.15) is 0 Å². The summed E-state index contributed by atoms with van der Waals surface area (Å²) in [6.45, 7) is 12.9. The van der Waals surface area contributed by atoms with Crippen LogP contribution in [-0.4, -0.2) is 21.3 Å². The Hall–Kier alpha value is -4.44. The van der Waals surface area contributed by atoms with Crippen molar-refractivity contribution in [1.82, 2.24) is 9.97 Å². The number of hydrogen-bond acceptors (Lipinski definition) is 3. The third-order valence-corrected chi connectivity index (χ3v) is 7.13. The summed E-state index contributed by atoms with van der Waals surface area (Å²) in [5, 5.41) is 11.3. The molecule has 0 bridgehead atoms. The maximum Gasteiger partial charge on any atom is 0.140 e. The van der Waals surface area contributed by atoms with E-state index in [1.54, 1.807) is 6.21 Å². The molecule has 0 fully saturated rings. The van der Waals surface area contributed by atoms with Crippen molar-refractivity contribution in [3.63, 3.8) is 0 Å². The molecule has 0 saturated carbocycles. The molecular formula is C36H37N3O. The fraction of sp³-hybridized carbons (Fsp3) is 0.222. The minimum atomic E-state index is -0.207. The van der Waals surface area contributed by atoms with Crippen LogP contribution in [0.3, 0.4) is 0 Å². The van der Waals surface area contributed by atoms with Crippen molar-refractivity contribution in [2.24, 2.45) is 4.99 Å². The molecule has 0 atom stereocenters. The van der Waals surface area contributed by atoms with Gasteiger partial charge in [0.15, 0.2) is 0 Å². The number of nitrogens with one attached hydrogen (secondary N) is 1. The van der Waals surface area contributed by atoms with Gasteiger partial charge in [0.2, 0.25) is 0 Å². The summed E-state index contributed by atoms with van der Waals surface area (Å²) in [6.07, 6.45) is 1.78. The molecule has 0 radical (unpaired) electrons. The van der Waals surface area contributed by atoms with Gasteiger partial charge in [-0.05, 0) is 34.6 Å². The monoisotopic (exact) mass is 527 g/mol. The number of H-pyrrole nitrogens is 1. The Bertz CT molecular complexity index is 1590. The van der Waals surface area contributed by atoms with Gasteiger partial charge in [0.05, 0.1) is 17.1 Å². The second-order valence-corrected chi connectivity index (χ2v) is 12.3. The quantitative estimate of drug-likeness (QED) is 0.224. The van der Waals surface area contributed by atoms with Crippen molar-refractivity contribution in [2.75, 3.05) is 0 Å². The van der Waals surface area contributed by atoms with Gasteiger partial charge in [0, 0.05) is 34.0 Å². The second-order valence-electron chi connectivity index (χ2n) is 12.3. The van der Waals surface area contributed by atoms with Gasteiger partial charge >= 0.3 is 0 Å². The molecule has 4 heteroatoms. The number of imidazole rings is 1. The zero-order valence-corrected chi connectivity index (χ0v) is 24.2. The van der Waals surface area contributed by atoms with Gasteiger partial charge < -0.3 is 10.1 Å². The van der Waals surface area contributed by atoms with Crippen molar-refractivity contribution in [1.29, 1.82) is 0 Å².